The molecule has 0 spiro atoms. The maximum atomic E-state index is 12.7. The van der Waals surface area contributed by atoms with Crippen LogP contribution in [-0.4, -0.2) is 73.8 Å². The van der Waals surface area contributed by atoms with Gasteiger partial charge in [0.05, 0.1) is 23.9 Å². The Bertz CT molecular complexity index is 743. The summed E-state index contributed by atoms with van der Waals surface area (Å²) in [6, 6.07) is -0.0962. The van der Waals surface area contributed by atoms with Crippen LogP contribution < -0.4 is 4.72 Å². The highest BCUT2D eigenvalue weighted by atomic mass is 32.2. The lowest BCUT2D eigenvalue weighted by atomic mass is 9.69. The molecule has 0 aromatic heterocycles. The zero-order chi connectivity index (χ0) is 22.1. The van der Waals surface area contributed by atoms with Crippen LogP contribution in [0, 0.1) is 11.8 Å². The van der Waals surface area contributed by atoms with Gasteiger partial charge in [0.25, 0.3) is 0 Å². The molecule has 3 fully saturated rings. The van der Waals surface area contributed by atoms with E-state index < -0.39 is 10.0 Å². The van der Waals surface area contributed by atoms with Crippen LogP contribution in [0.4, 0.5) is 4.79 Å². The molecule has 9 heteroatoms. The van der Waals surface area contributed by atoms with Crippen molar-refractivity contribution in [3.8, 4) is 0 Å². The lowest BCUT2D eigenvalue weighted by Gasteiger charge is -2.54. The number of fused-ring (bicyclic) bond motifs is 1. The van der Waals surface area contributed by atoms with Gasteiger partial charge in [-0.1, -0.05) is 12.8 Å². The van der Waals surface area contributed by atoms with Crippen molar-refractivity contribution >= 4 is 22.0 Å². The van der Waals surface area contributed by atoms with Crippen LogP contribution in [0.1, 0.15) is 65.7 Å². The molecule has 0 radical (unpaired) electrons. The molecule has 1 N–H and O–H groups in total. The van der Waals surface area contributed by atoms with Crippen LogP contribution in [0.2, 0.25) is 0 Å². The molecule has 8 nitrogen and oxygen atoms in total. The highest BCUT2D eigenvalue weighted by molar-refractivity contribution is 7.90. The summed E-state index contributed by atoms with van der Waals surface area (Å²) in [7, 11) is -1.78. The molecule has 5 unspecified atom stereocenters. The first-order valence-corrected chi connectivity index (χ1v) is 12.9. The largest absolute Gasteiger partial charge is 0.450 e. The number of piperazine rings is 1. The van der Waals surface area contributed by atoms with Gasteiger partial charge in [-0.05, 0) is 64.8 Å². The lowest BCUT2D eigenvalue weighted by Crippen LogP contribution is -2.67. The monoisotopic (exact) mass is 443 g/mol. The quantitative estimate of drug-likeness (QED) is 0.719. The molecule has 2 amide bonds. The molecule has 30 heavy (non-hydrogen) atoms. The first-order valence-electron chi connectivity index (χ1n) is 11.3. The lowest BCUT2D eigenvalue weighted by molar-refractivity contribution is -0.142. The van der Waals surface area contributed by atoms with E-state index in [1.807, 2.05) is 16.7 Å². The average molecular weight is 444 g/mol. The molecule has 1 heterocycles. The second-order valence-corrected chi connectivity index (χ2v) is 11.3. The van der Waals surface area contributed by atoms with Gasteiger partial charge < -0.3 is 14.5 Å². The fraction of sp³-hybridized carbons (Fsp3) is 0.905. The summed E-state index contributed by atoms with van der Waals surface area (Å²) in [6.45, 7) is 6.21. The van der Waals surface area contributed by atoms with E-state index in [1.54, 1.807) is 13.8 Å². The summed E-state index contributed by atoms with van der Waals surface area (Å²) in [5, 5.41) is -0.333. The number of sulfonamides is 1. The summed E-state index contributed by atoms with van der Waals surface area (Å²) in [5.41, 5.74) is 0. The number of amides is 2. The van der Waals surface area contributed by atoms with Crippen LogP contribution in [0.25, 0.3) is 0 Å². The Morgan fingerprint density at radius 3 is 2.40 bits per heavy atom. The molecule has 3 rings (SSSR count). The van der Waals surface area contributed by atoms with Crippen LogP contribution in [0.3, 0.4) is 0 Å². The molecule has 2 aliphatic carbocycles. The van der Waals surface area contributed by atoms with Gasteiger partial charge in [-0.25, -0.2) is 17.9 Å². The number of nitrogens with one attached hydrogen (secondary N) is 1. The van der Waals surface area contributed by atoms with Gasteiger partial charge in [0.1, 0.15) is 0 Å². The minimum atomic E-state index is -3.26. The SMILES string of the molecule is CCOC(=O)N1C[C@H](C)N(C(C)=O)C2CCC(C3CCCC(S(=O)(=O)NC)C3)CC21. The average Bonchev–Trinajstić information content (AvgIpc) is 2.72. The van der Waals surface area contributed by atoms with E-state index in [9.17, 15) is 18.0 Å². The third kappa shape index (κ3) is 4.61. The van der Waals surface area contributed by atoms with Crippen molar-refractivity contribution < 1.29 is 22.7 Å². The highest BCUT2D eigenvalue weighted by Crippen LogP contribution is 2.43. The number of hydrogen-bond donors (Lipinski definition) is 1. The van der Waals surface area contributed by atoms with Crippen molar-refractivity contribution in [3.05, 3.63) is 0 Å². The molecule has 0 bridgehead atoms. The Labute approximate surface area is 180 Å². The van der Waals surface area contributed by atoms with Crippen LogP contribution >= 0.6 is 0 Å². The van der Waals surface area contributed by atoms with E-state index in [2.05, 4.69) is 4.72 Å². The van der Waals surface area contributed by atoms with Crippen LogP contribution in [0.15, 0.2) is 0 Å². The predicted octanol–water partition coefficient (Wildman–Crippen LogP) is 2.34. The Morgan fingerprint density at radius 2 is 1.77 bits per heavy atom. The third-order valence-corrected chi connectivity index (χ3v) is 9.31. The standard InChI is InChI=1S/C21H37N3O5S/c1-5-29-21(26)23-13-14(2)24(15(3)25)19-10-9-17(12-20(19)23)16-7-6-8-18(11-16)30(27,28)22-4/h14,16-20,22H,5-13H2,1-4H3/t14-,16?,17?,18?,19?,20?/m0/s1. The number of ether oxygens (including phenoxy) is 1. The number of hydrogen-bond acceptors (Lipinski definition) is 5. The van der Waals surface area contributed by atoms with E-state index in [0.717, 1.165) is 32.1 Å². The Balaban J connectivity index is 1.79. The molecule has 2 saturated carbocycles. The van der Waals surface area contributed by atoms with Crippen molar-refractivity contribution in [1.82, 2.24) is 14.5 Å². The fourth-order valence-electron chi connectivity index (χ4n) is 6.10. The number of nitrogens with zero attached hydrogens (tertiary/aromatic N) is 2. The van der Waals surface area contributed by atoms with Gasteiger partial charge in [0, 0.05) is 19.5 Å². The van der Waals surface area contributed by atoms with E-state index in [1.165, 1.54) is 7.05 Å². The number of carbonyl (C=O) groups excluding carboxylic acids is 2. The van der Waals surface area contributed by atoms with E-state index >= 15 is 0 Å². The molecular formula is C21H37N3O5S. The highest BCUT2D eigenvalue weighted by Gasteiger charge is 2.48. The first-order chi connectivity index (χ1) is 14.2. The van der Waals surface area contributed by atoms with Crippen molar-refractivity contribution in [2.24, 2.45) is 11.8 Å². The minimum Gasteiger partial charge on any atom is -0.450 e. The fourth-order valence-corrected chi connectivity index (χ4v) is 7.41. The van der Waals surface area contributed by atoms with Crippen molar-refractivity contribution in [2.75, 3.05) is 20.2 Å². The van der Waals surface area contributed by atoms with E-state index in [-0.39, 0.29) is 35.4 Å². The number of rotatable bonds is 4. The molecular weight excluding hydrogens is 406 g/mol. The zero-order valence-corrected chi connectivity index (χ0v) is 19.5. The third-order valence-electron chi connectivity index (χ3n) is 7.44. The summed E-state index contributed by atoms with van der Waals surface area (Å²) in [6.07, 6.45) is 5.64. The van der Waals surface area contributed by atoms with Crippen LogP contribution in [-0.2, 0) is 19.6 Å². The zero-order valence-electron chi connectivity index (χ0n) is 18.7. The Morgan fingerprint density at radius 1 is 1.07 bits per heavy atom. The normalized spacial score (nSPS) is 34.9. The molecule has 172 valence electrons. The second-order valence-electron chi connectivity index (χ2n) is 9.13. The first kappa shape index (κ1) is 23.3. The van der Waals surface area contributed by atoms with Gasteiger partial charge in [0.15, 0.2) is 0 Å². The maximum absolute atomic E-state index is 12.7. The summed E-state index contributed by atoms with van der Waals surface area (Å²) >= 11 is 0. The van der Waals surface area contributed by atoms with Crippen molar-refractivity contribution in [1.29, 1.82) is 0 Å². The van der Waals surface area contributed by atoms with Gasteiger partial charge in [-0.15, -0.1) is 0 Å². The second kappa shape index (κ2) is 9.42. The molecule has 3 aliphatic rings. The molecule has 0 aromatic carbocycles. The van der Waals surface area contributed by atoms with Gasteiger partial charge in [-0.2, -0.15) is 0 Å². The van der Waals surface area contributed by atoms with Crippen molar-refractivity contribution in [3.63, 3.8) is 0 Å². The Hall–Kier alpha value is -1.35. The smallest absolute Gasteiger partial charge is 0.410 e. The number of carbonyl (C=O) groups is 2. The molecule has 1 saturated heterocycles. The molecule has 0 aromatic rings. The van der Waals surface area contributed by atoms with Gasteiger partial charge >= 0.3 is 6.09 Å². The van der Waals surface area contributed by atoms with E-state index in [4.69, 9.17) is 4.74 Å². The minimum absolute atomic E-state index is 0.00679. The molecule has 1 aliphatic heterocycles. The summed E-state index contributed by atoms with van der Waals surface area (Å²) in [4.78, 5) is 28.8. The predicted molar refractivity (Wildman–Crippen MR) is 114 cm³/mol. The molecule has 6 atom stereocenters. The Kier molecular flexibility index (Phi) is 7.32. The van der Waals surface area contributed by atoms with Gasteiger partial charge in [0.2, 0.25) is 15.9 Å². The van der Waals surface area contributed by atoms with E-state index in [0.29, 0.717) is 37.8 Å². The van der Waals surface area contributed by atoms with Crippen LogP contribution in [0.5, 0.6) is 0 Å². The summed E-state index contributed by atoms with van der Waals surface area (Å²) in [5.74, 6) is 0.750. The topological polar surface area (TPSA) is 96.0 Å². The van der Waals surface area contributed by atoms with Crippen molar-refractivity contribution in [2.45, 2.75) is 89.1 Å². The maximum Gasteiger partial charge on any atom is 0.410 e. The summed E-state index contributed by atoms with van der Waals surface area (Å²) < 4.78 is 32.5. The van der Waals surface area contributed by atoms with Gasteiger partial charge in [-0.3, -0.25) is 4.79 Å².